The van der Waals surface area contributed by atoms with E-state index in [0.717, 1.165) is 11.3 Å². The van der Waals surface area contributed by atoms with Crippen molar-refractivity contribution in [1.82, 2.24) is 25.1 Å². The number of amides is 1. The second-order valence-electron chi connectivity index (χ2n) is 7.52. The van der Waals surface area contributed by atoms with Crippen molar-refractivity contribution < 1.29 is 18.7 Å². The Labute approximate surface area is 192 Å². The molecule has 3 aromatic heterocycles. The highest BCUT2D eigenvalue weighted by atomic mass is 35.5. The van der Waals surface area contributed by atoms with Crippen LogP contribution in [-0.2, 0) is 0 Å². The summed E-state index contributed by atoms with van der Waals surface area (Å²) in [5, 5.41) is 11.1. The summed E-state index contributed by atoms with van der Waals surface area (Å²) in [7, 11) is 3.34. The molecule has 0 unspecified atom stereocenters. The Morgan fingerprint density at radius 1 is 1.28 bits per heavy atom. The van der Waals surface area contributed by atoms with E-state index in [1.54, 1.807) is 12.1 Å². The van der Waals surface area contributed by atoms with E-state index in [-0.39, 0.29) is 27.6 Å². The van der Waals surface area contributed by atoms with Gasteiger partial charge in [-0.15, -0.1) is 5.10 Å². The van der Waals surface area contributed by atoms with Crippen LogP contribution in [-0.4, -0.2) is 70.5 Å². The van der Waals surface area contributed by atoms with Crippen LogP contribution >= 0.6 is 22.9 Å². The Morgan fingerprint density at radius 3 is 2.78 bits per heavy atom. The zero-order valence-electron chi connectivity index (χ0n) is 17.6. The van der Waals surface area contributed by atoms with Gasteiger partial charge in [0.05, 0.1) is 18.9 Å². The molecule has 1 saturated heterocycles. The highest BCUT2D eigenvalue weighted by Gasteiger charge is 2.42. The number of nitrogens with one attached hydrogen (secondary N) is 1. The summed E-state index contributed by atoms with van der Waals surface area (Å²) in [6.45, 7) is 2.31. The number of pyridine rings is 2. The zero-order chi connectivity index (χ0) is 22.9. The van der Waals surface area contributed by atoms with Gasteiger partial charge in [0.15, 0.2) is 5.67 Å². The van der Waals surface area contributed by atoms with Gasteiger partial charge in [0.1, 0.15) is 17.5 Å². The predicted molar refractivity (Wildman–Crippen MR) is 118 cm³/mol. The van der Waals surface area contributed by atoms with Crippen LogP contribution in [0.5, 0.6) is 10.9 Å². The number of aryl methyl sites for hydroxylation is 1. The van der Waals surface area contributed by atoms with Crippen molar-refractivity contribution in [2.24, 2.45) is 0 Å². The SMILES string of the molecule is COc1cnc(Cl)cc1-c1cc(C)ncc1C(=O)Nc1nnc(OCC2(F)CN(C)C2)s1. The Kier molecular flexibility index (Phi) is 6.22. The molecule has 0 radical (unpaired) electrons. The minimum absolute atomic E-state index is 0.117. The summed E-state index contributed by atoms with van der Waals surface area (Å²) in [4.78, 5) is 23.1. The van der Waals surface area contributed by atoms with Gasteiger partial charge in [-0.05, 0) is 37.4 Å². The maximum atomic E-state index is 14.3. The number of methoxy groups -OCH3 is 1. The van der Waals surface area contributed by atoms with Gasteiger partial charge in [0, 0.05) is 36.1 Å². The molecule has 1 N–H and O–H groups in total. The fourth-order valence-corrected chi connectivity index (χ4v) is 4.19. The lowest BCUT2D eigenvalue weighted by Crippen LogP contribution is -2.60. The second kappa shape index (κ2) is 8.93. The number of carbonyl (C=O) groups is 1. The van der Waals surface area contributed by atoms with E-state index >= 15 is 0 Å². The average molecular weight is 479 g/mol. The maximum Gasteiger partial charge on any atom is 0.295 e. The van der Waals surface area contributed by atoms with Crippen molar-refractivity contribution in [3.05, 3.63) is 40.9 Å². The number of hydrogen-bond donors (Lipinski definition) is 1. The predicted octanol–water partition coefficient (Wildman–Crippen LogP) is 3.25. The van der Waals surface area contributed by atoms with E-state index in [4.69, 9.17) is 21.1 Å². The lowest BCUT2D eigenvalue weighted by atomic mass is 9.99. The van der Waals surface area contributed by atoms with Crippen LogP contribution in [0.15, 0.2) is 24.5 Å². The molecule has 12 heteroatoms. The maximum absolute atomic E-state index is 14.3. The van der Waals surface area contributed by atoms with Gasteiger partial charge in [-0.2, -0.15) is 0 Å². The normalized spacial score (nSPS) is 15.2. The molecule has 32 heavy (non-hydrogen) atoms. The molecule has 0 aliphatic carbocycles. The summed E-state index contributed by atoms with van der Waals surface area (Å²) in [5.74, 6) is 0.00945. The molecule has 3 aromatic rings. The number of halogens is 2. The van der Waals surface area contributed by atoms with Crippen LogP contribution < -0.4 is 14.8 Å². The largest absolute Gasteiger partial charge is 0.494 e. The lowest BCUT2D eigenvalue weighted by Gasteiger charge is -2.41. The molecule has 1 amide bonds. The summed E-state index contributed by atoms with van der Waals surface area (Å²) < 4.78 is 25.1. The van der Waals surface area contributed by atoms with Crippen molar-refractivity contribution >= 4 is 34.0 Å². The van der Waals surface area contributed by atoms with E-state index in [9.17, 15) is 9.18 Å². The van der Waals surface area contributed by atoms with Gasteiger partial charge in [-0.1, -0.05) is 16.7 Å². The van der Waals surface area contributed by atoms with Crippen LogP contribution in [0.1, 0.15) is 16.1 Å². The number of carbonyl (C=O) groups excluding carboxylic acids is 1. The van der Waals surface area contributed by atoms with E-state index in [2.05, 4.69) is 25.5 Å². The van der Waals surface area contributed by atoms with Gasteiger partial charge in [0.25, 0.3) is 11.1 Å². The fraction of sp³-hybridized carbons (Fsp3) is 0.350. The van der Waals surface area contributed by atoms with E-state index in [0.29, 0.717) is 35.7 Å². The molecule has 0 spiro atoms. The van der Waals surface area contributed by atoms with E-state index < -0.39 is 11.6 Å². The second-order valence-corrected chi connectivity index (χ2v) is 8.84. The molecule has 0 atom stereocenters. The van der Waals surface area contributed by atoms with E-state index in [1.807, 2.05) is 18.9 Å². The van der Waals surface area contributed by atoms with Gasteiger partial charge < -0.3 is 9.47 Å². The molecule has 1 aliphatic heterocycles. The lowest BCUT2D eigenvalue weighted by molar-refractivity contribution is -0.0467. The summed E-state index contributed by atoms with van der Waals surface area (Å²) >= 11 is 7.08. The zero-order valence-corrected chi connectivity index (χ0v) is 19.1. The third-order valence-corrected chi connectivity index (χ3v) is 5.78. The molecular weight excluding hydrogens is 459 g/mol. The molecule has 0 aromatic carbocycles. The Hall–Kier alpha value is -2.89. The number of anilines is 1. The fourth-order valence-electron chi connectivity index (χ4n) is 3.44. The number of likely N-dealkylation sites (tertiary alicyclic amines) is 1. The van der Waals surface area contributed by atoms with Crippen LogP contribution in [0.3, 0.4) is 0 Å². The highest BCUT2D eigenvalue weighted by Crippen LogP contribution is 2.34. The van der Waals surface area contributed by atoms with Crippen LogP contribution in [0.4, 0.5) is 9.52 Å². The minimum Gasteiger partial charge on any atom is -0.494 e. The number of rotatable bonds is 7. The van der Waals surface area contributed by atoms with Gasteiger partial charge in [-0.25, -0.2) is 9.37 Å². The number of ether oxygens (including phenoxy) is 2. The first-order chi connectivity index (χ1) is 15.3. The molecule has 0 bridgehead atoms. The van der Waals surface area contributed by atoms with Crippen LogP contribution in [0.25, 0.3) is 11.1 Å². The summed E-state index contributed by atoms with van der Waals surface area (Å²) in [6, 6.07) is 3.38. The molecule has 168 valence electrons. The monoisotopic (exact) mass is 478 g/mol. The highest BCUT2D eigenvalue weighted by molar-refractivity contribution is 7.17. The van der Waals surface area contributed by atoms with Crippen molar-refractivity contribution in [3.8, 4) is 22.1 Å². The molecular formula is C20H20ClFN6O3S. The molecule has 4 rings (SSSR count). The van der Waals surface area contributed by atoms with Gasteiger partial charge in [0.2, 0.25) is 5.13 Å². The average Bonchev–Trinajstić information content (AvgIpc) is 3.18. The van der Waals surface area contributed by atoms with Crippen molar-refractivity contribution in [2.45, 2.75) is 12.6 Å². The smallest absolute Gasteiger partial charge is 0.295 e. The molecule has 4 heterocycles. The number of aromatic nitrogens is 4. The van der Waals surface area contributed by atoms with Gasteiger partial charge in [-0.3, -0.25) is 20.0 Å². The minimum atomic E-state index is -1.39. The topological polar surface area (TPSA) is 102 Å². The summed E-state index contributed by atoms with van der Waals surface area (Å²) in [5.41, 5.74) is 0.778. The number of alkyl halides is 1. The standard InChI is InChI=1S/C20H20ClFN6O3S/c1-11-4-12(13-5-16(21)24-7-15(13)30-3)14(6-23-11)17(29)25-18-26-27-19(32-18)31-10-20(22)8-28(2)9-20/h4-7H,8-10H2,1-3H3,(H,25,26,29). The summed E-state index contributed by atoms with van der Waals surface area (Å²) in [6.07, 6.45) is 2.95. The molecule has 1 aliphatic rings. The Morgan fingerprint density at radius 2 is 2.06 bits per heavy atom. The molecule has 9 nitrogen and oxygen atoms in total. The van der Waals surface area contributed by atoms with Crippen molar-refractivity contribution in [2.75, 3.05) is 39.2 Å². The third kappa shape index (κ3) is 4.79. The Balaban J connectivity index is 1.52. The first-order valence-corrected chi connectivity index (χ1v) is 10.8. The quantitative estimate of drug-likeness (QED) is 0.516. The van der Waals surface area contributed by atoms with E-state index in [1.165, 1.54) is 19.5 Å². The number of nitrogens with zero attached hydrogens (tertiary/aromatic N) is 5. The van der Waals surface area contributed by atoms with Crippen LogP contribution in [0.2, 0.25) is 5.15 Å². The van der Waals surface area contributed by atoms with Gasteiger partial charge >= 0.3 is 0 Å². The Bertz CT molecular complexity index is 1150. The first-order valence-electron chi connectivity index (χ1n) is 9.58. The number of hydrogen-bond acceptors (Lipinski definition) is 9. The van der Waals surface area contributed by atoms with Crippen molar-refractivity contribution in [1.29, 1.82) is 0 Å². The third-order valence-electron chi connectivity index (χ3n) is 4.82. The first kappa shape index (κ1) is 22.3. The van der Waals surface area contributed by atoms with Crippen LogP contribution in [0, 0.1) is 6.92 Å². The molecule has 0 saturated carbocycles. The molecule has 1 fully saturated rings. The van der Waals surface area contributed by atoms with Crippen molar-refractivity contribution in [3.63, 3.8) is 0 Å².